The van der Waals surface area contributed by atoms with Crippen LogP contribution in [0.5, 0.6) is 5.75 Å². The predicted molar refractivity (Wildman–Crippen MR) is 89.1 cm³/mol. The van der Waals surface area contributed by atoms with Crippen molar-refractivity contribution in [1.82, 2.24) is 10.3 Å². The molecule has 0 saturated heterocycles. The van der Waals surface area contributed by atoms with E-state index in [4.69, 9.17) is 4.74 Å². The number of carbonyl (C=O) groups is 1. The van der Waals surface area contributed by atoms with Crippen LogP contribution in [0.3, 0.4) is 0 Å². The monoisotopic (exact) mass is 307 g/mol. The Morgan fingerprint density at radius 2 is 2.00 bits per heavy atom. The van der Waals surface area contributed by atoms with Crippen molar-refractivity contribution in [1.29, 1.82) is 0 Å². The number of nitrogens with zero attached hydrogens (tertiary/aromatic N) is 2. The van der Waals surface area contributed by atoms with E-state index < -0.39 is 0 Å². The van der Waals surface area contributed by atoms with Gasteiger partial charge in [0.25, 0.3) is 5.91 Å². The lowest BCUT2D eigenvalue weighted by atomic mass is 10.1. The van der Waals surface area contributed by atoms with Gasteiger partial charge in [-0.25, -0.2) is 4.99 Å². The summed E-state index contributed by atoms with van der Waals surface area (Å²) in [6.45, 7) is 0. The SMILES string of the molecule is COc1ccc(CCC2=N/C(=C/c3cccnc3)C(=O)N2)cc1. The van der Waals surface area contributed by atoms with E-state index in [2.05, 4.69) is 15.3 Å². The molecule has 0 fully saturated rings. The van der Waals surface area contributed by atoms with E-state index in [1.807, 2.05) is 36.4 Å². The summed E-state index contributed by atoms with van der Waals surface area (Å²) in [5.41, 5.74) is 2.45. The molecule has 0 atom stereocenters. The van der Waals surface area contributed by atoms with Crippen LogP contribution in [0, 0.1) is 0 Å². The number of aromatic nitrogens is 1. The molecule has 0 saturated carbocycles. The van der Waals surface area contributed by atoms with Gasteiger partial charge in [0.2, 0.25) is 0 Å². The van der Waals surface area contributed by atoms with E-state index in [0.29, 0.717) is 18.0 Å². The molecule has 1 aromatic carbocycles. The standard InChI is InChI=1S/C18H17N3O2/c1-23-15-7-4-13(5-8-15)6-9-17-20-16(18(22)21-17)11-14-3-2-10-19-12-14/h2-5,7-8,10-12H,6,9H2,1H3,(H,20,21,22)/b16-11+. The number of aryl methyl sites for hydroxylation is 1. The van der Waals surface area contributed by atoms with E-state index in [9.17, 15) is 4.79 Å². The first-order valence-electron chi connectivity index (χ1n) is 7.38. The lowest BCUT2D eigenvalue weighted by Crippen LogP contribution is -2.24. The number of ether oxygens (including phenoxy) is 1. The maximum Gasteiger partial charge on any atom is 0.275 e. The van der Waals surface area contributed by atoms with E-state index in [1.165, 1.54) is 5.56 Å². The van der Waals surface area contributed by atoms with Crippen molar-refractivity contribution in [3.8, 4) is 5.75 Å². The van der Waals surface area contributed by atoms with Gasteiger partial charge in [0.15, 0.2) is 0 Å². The minimum Gasteiger partial charge on any atom is -0.497 e. The van der Waals surface area contributed by atoms with Gasteiger partial charge >= 0.3 is 0 Å². The number of benzene rings is 1. The Balaban J connectivity index is 1.65. The van der Waals surface area contributed by atoms with Gasteiger partial charge in [0, 0.05) is 18.8 Å². The molecule has 2 heterocycles. The topological polar surface area (TPSA) is 63.6 Å². The molecule has 5 heteroatoms. The molecule has 0 spiro atoms. The van der Waals surface area contributed by atoms with Gasteiger partial charge in [-0.1, -0.05) is 18.2 Å². The third kappa shape index (κ3) is 3.83. The van der Waals surface area contributed by atoms with Crippen LogP contribution >= 0.6 is 0 Å². The number of nitrogens with one attached hydrogen (secondary N) is 1. The molecule has 5 nitrogen and oxygen atoms in total. The third-order valence-corrected chi connectivity index (χ3v) is 3.54. The minimum absolute atomic E-state index is 0.168. The summed E-state index contributed by atoms with van der Waals surface area (Å²) in [6.07, 6.45) is 6.62. The summed E-state index contributed by atoms with van der Waals surface area (Å²) in [5.74, 6) is 1.36. The summed E-state index contributed by atoms with van der Waals surface area (Å²) in [7, 11) is 1.65. The Hall–Kier alpha value is -2.95. The highest BCUT2D eigenvalue weighted by Crippen LogP contribution is 2.15. The molecule has 1 aliphatic rings. The highest BCUT2D eigenvalue weighted by Gasteiger charge is 2.19. The molecule has 1 aromatic heterocycles. The third-order valence-electron chi connectivity index (χ3n) is 3.54. The average molecular weight is 307 g/mol. The number of rotatable bonds is 5. The fourth-order valence-corrected chi connectivity index (χ4v) is 2.31. The maximum absolute atomic E-state index is 12.0. The van der Waals surface area contributed by atoms with E-state index in [-0.39, 0.29) is 5.91 Å². The summed E-state index contributed by atoms with van der Waals surface area (Å²) >= 11 is 0. The Kier molecular flexibility index (Phi) is 4.47. The van der Waals surface area contributed by atoms with Crippen LogP contribution in [0.1, 0.15) is 17.5 Å². The first kappa shape index (κ1) is 15.0. The fraction of sp³-hybridized carbons (Fsp3) is 0.167. The van der Waals surface area contributed by atoms with E-state index in [0.717, 1.165) is 17.7 Å². The van der Waals surface area contributed by atoms with Gasteiger partial charge < -0.3 is 10.1 Å². The van der Waals surface area contributed by atoms with Crippen molar-refractivity contribution in [3.63, 3.8) is 0 Å². The molecule has 0 aliphatic carbocycles. The average Bonchev–Trinajstić information content (AvgIpc) is 2.94. The zero-order valence-corrected chi connectivity index (χ0v) is 12.8. The van der Waals surface area contributed by atoms with Crippen LogP contribution in [0.2, 0.25) is 0 Å². The summed E-state index contributed by atoms with van der Waals surface area (Å²) in [4.78, 5) is 20.4. The van der Waals surface area contributed by atoms with Gasteiger partial charge in [0.1, 0.15) is 17.3 Å². The number of methoxy groups -OCH3 is 1. The molecule has 23 heavy (non-hydrogen) atoms. The second kappa shape index (κ2) is 6.87. The quantitative estimate of drug-likeness (QED) is 0.864. The lowest BCUT2D eigenvalue weighted by Gasteiger charge is -2.03. The summed E-state index contributed by atoms with van der Waals surface area (Å²) in [5, 5.41) is 2.81. The van der Waals surface area contributed by atoms with E-state index in [1.54, 1.807) is 25.6 Å². The Morgan fingerprint density at radius 3 is 2.70 bits per heavy atom. The molecule has 0 unspecified atom stereocenters. The number of amides is 1. The van der Waals surface area contributed by atoms with Crippen molar-refractivity contribution in [2.45, 2.75) is 12.8 Å². The van der Waals surface area contributed by atoms with Crippen molar-refractivity contribution in [2.24, 2.45) is 4.99 Å². The van der Waals surface area contributed by atoms with Gasteiger partial charge in [-0.05, 0) is 41.8 Å². The van der Waals surface area contributed by atoms with Crippen LogP contribution < -0.4 is 10.1 Å². The zero-order chi connectivity index (χ0) is 16.1. The summed E-state index contributed by atoms with van der Waals surface area (Å²) in [6, 6.07) is 11.6. The number of carbonyl (C=O) groups excluding carboxylic acids is 1. The molecule has 1 N–H and O–H groups in total. The van der Waals surface area contributed by atoms with Gasteiger partial charge in [-0.2, -0.15) is 0 Å². The number of hydrogen-bond acceptors (Lipinski definition) is 4. The van der Waals surface area contributed by atoms with Crippen molar-refractivity contribution in [2.75, 3.05) is 7.11 Å². The Labute approximate surface area is 134 Å². The maximum atomic E-state index is 12.0. The molecular formula is C18H17N3O2. The second-order valence-corrected chi connectivity index (χ2v) is 5.18. The Morgan fingerprint density at radius 1 is 1.17 bits per heavy atom. The molecule has 1 aliphatic heterocycles. The predicted octanol–water partition coefficient (Wildman–Crippen LogP) is 2.59. The van der Waals surface area contributed by atoms with Crippen molar-refractivity contribution in [3.05, 3.63) is 65.6 Å². The molecule has 0 radical (unpaired) electrons. The smallest absolute Gasteiger partial charge is 0.275 e. The lowest BCUT2D eigenvalue weighted by molar-refractivity contribution is -0.115. The van der Waals surface area contributed by atoms with Crippen LogP contribution in [0.4, 0.5) is 0 Å². The number of aliphatic imine (C=N–C) groups is 1. The molecule has 0 bridgehead atoms. The Bertz CT molecular complexity index is 750. The molecular weight excluding hydrogens is 290 g/mol. The van der Waals surface area contributed by atoms with Crippen LogP contribution in [-0.4, -0.2) is 23.8 Å². The minimum atomic E-state index is -0.168. The highest BCUT2D eigenvalue weighted by molar-refractivity contribution is 6.14. The number of hydrogen-bond donors (Lipinski definition) is 1. The zero-order valence-electron chi connectivity index (χ0n) is 12.8. The number of pyridine rings is 1. The van der Waals surface area contributed by atoms with Crippen LogP contribution in [-0.2, 0) is 11.2 Å². The van der Waals surface area contributed by atoms with Gasteiger partial charge in [0.05, 0.1) is 7.11 Å². The molecule has 3 rings (SSSR count). The fourth-order valence-electron chi connectivity index (χ4n) is 2.31. The van der Waals surface area contributed by atoms with Crippen LogP contribution in [0.15, 0.2) is 59.5 Å². The van der Waals surface area contributed by atoms with Crippen molar-refractivity contribution < 1.29 is 9.53 Å². The first-order valence-corrected chi connectivity index (χ1v) is 7.38. The second-order valence-electron chi connectivity index (χ2n) is 5.18. The van der Waals surface area contributed by atoms with Crippen LogP contribution in [0.25, 0.3) is 6.08 Å². The van der Waals surface area contributed by atoms with Gasteiger partial charge in [-0.15, -0.1) is 0 Å². The van der Waals surface area contributed by atoms with E-state index >= 15 is 0 Å². The molecule has 1 amide bonds. The van der Waals surface area contributed by atoms with Crippen molar-refractivity contribution >= 4 is 17.8 Å². The molecule has 2 aromatic rings. The first-order chi connectivity index (χ1) is 11.2. The molecule has 116 valence electrons. The summed E-state index contributed by atoms with van der Waals surface area (Å²) < 4.78 is 5.14. The largest absolute Gasteiger partial charge is 0.497 e. The normalized spacial score (nSPS) is 15.4. The number of amidine groups is 1. The van der Waals surface area contributed by atoms with Gasteiger partial charge in [-0.3, -0.25) is 9.78 Å². The highest BCUT2D eigenvalue weighted by atomic mass is 16.5.